The van der Waals surface area contributed by atoms with Crippen LogP contribution in [0.2, 0.25) is 0 Å². The Kier molecular flexibility index (Phi) is 8.07. The fourth-order valence-electron chi connectivity index (χ4n) is 4.40. The van der Waals surface area contributed by atoms with Crippen molar-refractivity contribution >= 4 is 21.1 Å². The quantitative estimate of drug-likeness (QED) is 0.262. The molecule has 0 saturated carbocycles. The monoisotopic (exact) mass is 570 g/mol. The number of nitrogens with zero attached hydrogens (tertiary/aromatic N) is 6. The first-order valence-electron chi connectivity index (χ1n) is 12.7. The molecule has 5 rings (SSSR count). The molecule has 4 aromatic heterocycles. The van der Waals surface area contributed by atoms with Crippen LogP contribution < -0.4 is 15.0 Å². The second-order valence-corrected chi connectivity index (χ2v) is 10.9. The van der Waals surface area contributed by atoms with E-state index in [-0.39, 0.29) is 46.4 Å². The summed E-state index contributed by atoms with van der Waals surface area (Å²) in [6, 6.07) is 4.84. The number of pyridine rings is 2. The third kappa shape index (κ3) is 5.40. The summed E-state index contributed by atoms with van der Waals surface area (Å²) in [4.78, 5) is 31.1. The predicted octanol–water partition coefficient (Wildman–Crippen LogP) is 1.13. The molecular weight excluding hydrogens is 540 g/mol. The van der Waals surface area contributed by atoms with Gasteiger partial charge in [-0.05, 0) is 18.7 Å². The summed E-state index contributed by atoms with van der Waals surface area (Å²) in [7, 11) is -0.812. The lowest BCUT2D eigenvalue weighted by molar-refractivity contribution is 0.144. The lowest BCUT2D eigenvalue weighted by Crippen LogP contribution is -2.48. The molecule has 14 nitrogen and oxygen atoms in total. The average Bonchev–Trinajstić information content (AvgIpc) is 3.42. The molecule has 0 bridgehead atoms. The van der Waals surface area contributed by atoms with Crippen LogP contribution in [0, 0.1) is 0 Å². The maximum absolute atomic E-state index is 13.5. The van der Waals surface area contributed by atoms with Crippen LogP contribution in [-0.2, 0) is 14.8 Å². The molecule has 1 fully saturated rings. The first kappa shape index (κ1) is 27.6. The lowest BCUT2D eigenvalue weighted by atomic mass is 10.2. The molecule has 1 saturated heterocycles. The van der Waals surface area contributed by atoms with Crippen molar-refractivity contribution in [2.75, 3.05) is 60.2 Å². The number of ether oxygens (including phenoxy) is 3. The van der Waals surface area contributed by atoms with E-state index in [2.05, 4.69) is 35.0 Å². The molecule has 1 aliphatic heterocycles. The zero-order valence-corrected chi connectivity index (χ0v) is 23.2. The number of methoxy groups -OCH3 is 2. The summed E-state index contributed by atoms with van der Waals surface area (Å²) >= 11 is 0. The molecule has 0 atom stereocenters. The normalized spacial score (nSPS) is 15.0. The Bertz CT molecular complexity index is 1650. The van der Waals surface area contributed by atoms with Crippen LogP contribution in [0.3, 0.4) is 0 Å². The molecule has 0 spiro atoms. The van der Waals surface area contributed by atoms with Crippen molar-refractivity contribution in [2.45, 2.75) is 11.8 Å². The van der Waals surface area contributed by atoms with Crippen molar-refractivity contribution < 1.29 is 22.6 Å². The SMILES string of the molecule is CCN1CCN(S(=O)(=O)c2cnc(OCCOC)c(-c3nc4c(-c5ccc(OC)nc5)n[nH]c4c(=O)[nH]3)c2)CC1. The van der Waals surface area contributed by atoms with Gasteiger partial charge in [-0.1, -0.05) is 6.92 Å². The van der Waals surface area contributed by atoms with Crippen molar-refractivity contribution in [3.63, 3.8) is 0 Å². The summed E-state index contributed by atoms with van der Waals surface area (Å²) in [5, 5.41) is 6.99. The van der Waals surface area contributed by atoms with Gasteiger partial charge in [0.25, 0.3) is 5.56 Å². The zero-order valence-electron chi connectivity index (χ0n) is 22.4. The van der Waals surface area contributed by atoms with Gasteiger partial charge in [-0.15, -0.1) is 0 Å². The Balaban J connectivity index is 1.59. The lowest BCUT2D eigenvalue weighted by Gasteiger charge is -2.33. The van der Waals surface area contributed by atoms with E-state index in [4.69, 9.17) is 14.2 Å². The molecule has 5 heterocycles. The number of piperazine rings is 1. The van der Waals surface area contributed by atoms with E-state index in [1.54, 1.807) is 18.3 Å². The minimum Gasteiger partial charge on any atom is -0.481 e. The Morgan fingerprint density at radius 2 is 1.85 bits per heavy atom. The first-order chi connectivity index (χ1) is 19.3. The van der Waals surface area contributed by atoms with Crippen LogP contribution in [0.25, 0.3) is 33.7 Å². The summed E-state index contributed by atoms with van der Waals surface area (Å²) in [6.45, 7) is 5.36. The Morgan fingerprint density at radius 3 is 2.52 bits per heavy atom. The van der Waals surface area contributed by atoms with Gasteiger partial charge in [0.05, 0.1) is 25.5 Å². The van der Waals surface area contributed by atoms with Gasteiger partial charge in [-0.25, -0.2) is 23.4 Å². The number of rotatable bonds is 10. The van der Waals surface area contributed by atoms with Gasteiger partial charge in [0.2, 0.25) is 21.8 Å². The number of sulfonamides is 1. The molecule has 0 radical (unpaired) electrons. The smallest absolute Gasteiger partial charge is 0.277 e. The van der Waals surface area contributed by atoms with Crippen molar-refractivity contribution in [3.8, 4) is 34.4 Å². The largest absolute Gasteiger partial charge is 0.481 e. The van der Waals surface area contributed by atoms with Crippen molar-refractivity contribution in [1.82, 2.24) is 39.3 Å². The minimum atomic E-state index is -3.86. The highest BCUT2D eigenvalue weighted by molar-refractivity contribution is 7.89. The minimum absolute atomic E-state index is 0.0268. The Hall–Kier alpha value is -3.92. The van der Waals surface area contributed by atoms with Crippen LogP contribution in [0.4, 0.5) is 0 Å². The average molecular weight is 571 g/mol. The number of aromatic amines is 2. The number of hydrogen-bond acceptors (Lipinski definition) is 11. The molecule has 212 valence electrons. The van der Waals surface area contributed by atoms with E-state index in [9.17, 15) is 13.2 Å². The number of likely N-dealkylation sites (N-methyl/N-ethyl adjacent to an activating group) is 1. The highest BCUT2D eigenvalue weighted by Crippen LogP contribution is 2.31. The molecule has 2 N–H and O–H groups in total. The van der Waals surface area contributed by atoms with E-state index in [0.29, 0.717) is 43.3 Å². The van der Waals surface area contributed by atoms with E-state index >= 15 is 0 Å². The fourth-order valence-corrected chi connectivity index (χ4v) is 5.79. The van der Waals surface area contributed by atoms with E-state index in [0.717, 1.165) is 6.54 Å². The highest BCUT2D eigenvalue weighted by Gasteiger charge is 2.30. The van der Waals surface area contributed by atoms with E-state index in [1.165, 1.54) is 30.8 Å². The standard InChI is InChI=1S/C25H30N8O6S/c1-4-32-7-9-33(10-8-32)40(35,36)17-13-18(25(27-15-17)39-12-11-37-2)23-28-21-20(30-31-22(21)24(34)29-23)16-5-6-19(38-3)26-14-16/h5-6,13-15H,4,7-12H2,1-3H3,(H,30,31)(H,28,29,34). The first-order valence-corrected chi connectivity index (χ1v) is 14.1. The molecule has 0 aromatic carbocycles. The van der Waals surface area contributed by atoms with Crippen LogP contribution in [0.15, 0.2) is 40.3 Å². The number of fused-ring (bicyclic) bond motifs is 1. The molecular formula is C25H30N8O6S. The van der Waals surface area contributed by atoms with Gasteiger partial charge in [-0.2, -0.15) is 9.40 Å². The fraction of sp³-hybridized carbons (Fsp3) is 0.400. The molecule has 0 aliphatic carbocycles. The molecule has 15 heteroatoms. The van der Waals surface area contributed by atoms with Gasteiger partial charge in [0, 0.05) is 51.1 Å². The summed E-state index contributed by atoms with van der Waals surface area (Å²) < 4.78 is 44.5. The zero-order chi connectivity index (χ0) is 28.3. The predicted molar refractivity (Wildman–Crippen MR) is 146 cm³/mol. The maximum Gasteiger partial charge on any atom is 0.277 e. The summed E-state index contributed by atoms with van der Waals surface area (Å²) in [5.74, 6) is 0.605. The summed E-state index contributed by atoms with van der Waals surface area (Å²) in [6.07, 6.45) is 2.82. The van der Waals surface area contributed by atoms with Crippen molar-refractivity contribution in [3.05, 3.63) is 40.9 Å². The summed E-state index contributed by atoms with van der Waals surface area (Å²) in [5.41, 5.74) is 1.15. The second kappa shape index (κ2) is 11.7. The van der Waals surface area contributed by atoms with Crippen LogP contribution >= 0.6 is 0 Å². The third-order valence-corrected chi connectivity index (χ3v) is 8.53. The Morgan fingerprint density at radius 1 is 1.05 bits per heavy atom. The number of nitrogens with one attached hydrogen (secondary N) is 2. The van der Waals surface area contributed by atoms with Crippen LogP contribution in [0.5, 0.6) is 11.8 Å². The van der Waals surface area contributed by atoms with Gasteiger partial charge >= 0.3 is 0 Å². The molecule has 0 unspecified atom stereocenters. The van der Waals surface area contributed by atoms with Gasteiger partial charge < -0.3 is 24.1 Å². The van der Waals surface area contributed by atoms with Crippen LogP contribution in [-0.4, -0.2) is 108 Å². The molecule has 0 amide bonds. The van der Waals surface area contributed by atoms with Gasteiger partial charge in [0.15, 0.2) is 0 Å². The van der Waals surface area contributed by atoms with E-state index < -0.39 is 15.6 Å². The van der Waals surface area contributed by atoms with Crippen LogP contribution in [0.1, 0.15) is 6.92 Å². The second-order valence-electron chi connectivity index (χ2n) is 9.00. The number of hydrogen-bond donors (Lipinski definition) is 2. The number of aromatic nitrogens is 6. The van der Waals surface area contributed by atoms with Gasteiger partial charge in [0.1, 0.15) is 34.1 Å². The third-order valence-electron chi connectivity index (χ3n) is 6.67. The molecule has 40 heavy (non-hydrogen) atoms. The maximum atomic E-state index is 13.5. The topological polar surface area (TPSA) is 169 Å². The van der Waals surface area contributed by atoms with Crippen molar-refractivity contribution in [1.29, 1.82) is 0 Å². The van der Waals surface area contributed by atoms with Gasteiger partial charge in [-0.3, -0.25) is 9.89 Å². The number of H-pyrrole nitrogens is 2. The molecule has 1 aliphatic rings. The van der Waals surface area contributed by atoms with Crippen molar-refractivity contribution in [2.24, 2.45) is 0 Å². The molecule has 4 aromatic rings. The van der Waals surface area contributed by atoms with E-state index in [1.807, 2.05) is 6.92 Å². The highest BCUT2D eigenvalue weighted by atomic mass is 32.2. The Labute approximate surface area is 230 Å².